The molecule has 49 heavy (non-hydrogen) atoms. The number of benzene rings is 4. The Labute approximate surface area is 309 Å². The maximum Gasteiger partial charge on any atom is 0.216 e. The zero-order valence-electron chi connectivity index (χ0n) is 32.9. The molecule has 0 fully saturated rings. The Morgan fingerprint density at radius 2 is 1.57 bits per heavy atom. The summed E-state index contributed by atoms with van der Waals surface area (Å²) in [5, 5.41) is 1.89. The molecule has 1 unspecified atom stereocenters. The van der Waals surface area contributed by atoms with E-state index in [1.807, 2.05) is 91.9 Å². The Balaban J connectivity index is 0.000000186. The fourth-order valence-electron chi connectivity index (χ4n) is 5.49. The molecule has 0 N–H and O–H groups in total. The van der Waals surface area contributed by atoms with Gasteiger partial charge in [0, 0.05) is 57.7 Å². The molecule has 1 radical (unpaired) electrons. The first kappa shape index (κ1) is 26.7. The predicted octanol–water partition coefficient (Wildman–Crippen LogP) is 10.7. The molecule has 0 saturated carbocycles. The van der Waals surface area contributed by atoms with Crippen LogP contribution in [-0.2, 0) is 26.5 Å². The van der Waals surface area contributed by atoms with E-state index in [-0.39, 0.29) is 25.7 Å². The maximum atomic E-state index is 8.90. The second-order valence-electron chi connectivity index (χ2n) is 11.3. The third kappa shape index (κ3) is 7.75. The molecule has 1 atom stereocenters. The van der Waals surface area contributed by atoms with Crippen molar-refractivity contribution in [2.24, 2.45) is 0 Å². The van der Waals surface area contributed by atoms with Gasteiger partial charge in [0.1, 0.15) is 0 Å². The number of aromatic nitrogens is 3. The Hall–Kier alpha value is -5.22. The molecule has 0 aliphatic carbocycles. The van der Waals surface area contributed by atoms with Gasteiger partial charge in [0.15, 0.2) is 0 Å². The van der Waals surface area contributed by atoms with Gasteiger partial charge in [-0.15, -0.1) is 59.7 Å². The number of aryl methyl sites for hydroxylation is 2. The molecule has 0 aliphatic heterocycles. The van der Waals surface area contributed by atoms with Gasteiger partial charge < -0.3 is 14.4 Å². The van der Waals surface area contributed by atoms with Crippen molar-refractivity contribution in [1.29, 1.82) is 0 Å². The fourth-order valence-corrected chi connectivity index (χ4v) is 5.49. The van der Waals surface area contributed by atoms with Crippen molar-refractivity contribution < 1.29 is 32.7 Å². The molecule has 8 rings (SSSR count). The van der Waals surface area contributed by atoms with Crippen LogP contribution in [-0.4, -0.2) is 15.0 Å². The average molecular weight is 820 g/mol. The first-order valence-corrected chi connectivity index (χ1v) is 15.6. The first-order valence-electron chi connectivity index (χ1n) is 18.6. The van der Waals surface area contributed by atoms with Crippen LogP contribution in [0.1, 0.15) is 54.6 Å². The van der Waals surface area contributed by atoms with Crippen molar-refractivity contribution in [3.63, 3.8) is 0 Å². The summed E-state index contributed by atoms with van der Waals surface area (Å²) < 4.78 is 55.5. The van der Waals surface area contributed by atoms with Crippen LogP contribution in [0.15, 0.2) is 144 Å². The summed E-state index contributed by atoms with van der Waals surface area (Å²) >= 11 is 0. The van der Waals surface area contributed by atoms with Gasteiger partial charge >= 0.3 is 0 Å². The summed E-state index contributed by atoms with van der Waals surface area (Å²) in [6.07, 6.45) is 1.39. The SMILES string of the molecule is [2H]C([2H])([2H])c1cnc(-c2[c-]cccc2)cc1C([2H])(C)c1ccccc1.[2H]C([2H])(c1ccccc1)c1ccnc(-c2[c-]cc3oc4nc(C)ccc4c3c2)c1.[Ir]. The Kier molecular flexibility index (Phi) is 8.36. The number of rotatable bonds is 6. The molecule has 243 valence electrons. The monoisotopic (exact) mass is 820 g/mol. The van der Waals surface area contributed by atoms with Gasteiger partial charge in [0.2, 0.25) is 5.71 Å². The van der Waals surface area contributed by atoms with E-state index < -0.39 is 19.1 Å². The molecule has 0 saturated heterocycles. The first-order chi connectivity index (χ1) is 25.8. The minimum Gasteiger partial charge on any atom is -0.486 e. The number of pyridine rings is 3. The van der Waals surface area contributed by atoms with Crippen molar-refractivity contribution in [3.8, 4) is 22.5 Å². The molecule has 0 bridgehead atoms. The molecule has 0 aliphatic rings. The molecule has 8 aromatic rings. The normalized spacial score (nSPS) is 14.4. The van der Waals surface area contributed by atoms with E-state index in [1.54, 1.807) is 55.6 Å². The zero-order valence-corrected chi connectivity index (χ0v) is 29.3. The zero-order chi connectivity index (χ0) is 38.1. The quantitative estimate of drug-likeness (QED) is 0.157. The van der Waals surface area contributed by atoms with Gasteiger partial charge in [-0.2, -0.15) is 0 Å². The van der Waals surface area contributed by atoms with Crippen LogP contribution in [0.25, 0.3) is 44.6 Å². The number of hydrogen-bond donors (Lipinski definition) is 0. The van der Waals surface area contributed by atoms with E-state index in [4.69, 9.17) is 12.6 Å². The third-order valence-electron chi connectivity index (χ3n) is 8.01. The largest absolute Gasteiger partial charge is 0.486 e. The molecule has 0 spiro atoms. The van der Waals surface area contributed by atoms with Crippen molar-refractivity contribution in [1.82, 2.24) is 15.0 Å². The minimum atomic E-state index is -2.33. The predicted molar refractivity (Wildman–Crippen MR) is 195 cm³/mol. The smallest absolute Gasteiger partial charge is 0.216 e. The molecule has 4 nitrogen and oxygen atoms in total. The fraction of sp³-hybridized carbons (Fsp3) is 0.114. The molecule has 4 aromatic heterocycles. The van der Waals surface area contributed by atoms with E-state index in [0.717, 1.165) is 38.7 Å². The summed E-state index contributed by atoms with van der Waals surface area (Å²) in [5.74, 6) is -1.21. The van der Waals surface area contributed by atoms with Crippen molar-refractivity contribution >= 4 is 22.1 Å². The van der Waals surface area contributed by atoms with Crippen LogP contribution < -0.4 is 0 Å². The number of furan rings is 1. The van der Waals surface area contributed by atoms with Crippen molar-refractivity contribution in [3.05, 3.63) is 185 Å². The van der Waals surface area contributed by atoms with Crippen molar-refractivity contribution in [2.45, 2.75) is 33.0 Å². The van der Waals surface area contributed by atoms with Gasteiger partial charge in [-0.3, -0.25) is 0 Å². The van der Waals surface area contributed by atoms with Crippen LogP contribution in [0.2, 0.25) is 0 Å². The van der Waals surface area contributed by atoms with Crippen LogP contribution in [0, 0.1) is 25.9 Å². The van der Waals surface area contributed by atoms with Crippen LogP contribution >= 0.6 is 0 Å². The Bertz CT molecular complexity index is 2560. The van der Waals surface area contributed by atoms with E-state index in [9.17, 15) is 0 Å². The van der Waals surface area contributed by atoms with Crippen molar-refractivity contribution in [2.75, 3.05) is 0 Å². The summed E-state index contributed by atoms with van der Waals surface area (Å²) in [6.45, 7) is 1.31. The number of fused-ring (bicyclic) bond motifs is 3. The summed E-state index contributed by atoms with van der Waals surface area (Å²) in [4.78, 5) is 13.2. The molecule has 5 heteroatoms. The second kappa shape index (κ2) is 15.3. The topological polar surface area (TPSA) is 51.8 Å². The van der Waals surface area contributed by atoms with Crippen LogP contribution in [0.4, 0.5) is 0 Å². The molecule has 4 aromatic carbocycles. The van der Waals surface area contributed by atoms with E-state index in [0.29, 0.717) is 33.8 Å². The number of nitrogens with zero attached hydrogens (tertiary/aromatic N) is 3. The molecular weight excluding hydrogens is 779 g/mol. The van der Waals surface area contributed by atoms with Gasteiger partial charge in [0.25, 0.3) is 0 Å². The molecule has 4 heterocycles. The second-order valence-corrected chi connectivity index (χ2v) is 11.3. The van der Waals surface area contributed by atoms with Gasteiger partial charge in [0.05, 0.1) is 5.58 Å². The average Bonchev–Trinajstić information content (AvgIpc) is 3.55. The Morgan fingerprint density at radius 1 is 0.796 bits per heavy atom. The minimum absolute atomic E-state index is 0. The standard InChI is InChI=1S/C24H17N2O.C20H18N.Ir/c1-16-7-9-20-21-15-19(8-10-23(21)27-24(20)26-16)22-14-18(11-12-25-22)13-17-5-3-2-4-6-17;1-15-14-21-20(18-11-7-4-8-12-18)13-19(15)16(2)17-9-5-3-6-10-17;/h2-7,9-12,14-15H,13H2,1H3;3-11,13-14,16H,1-2H3;/q2*-1;/i13D2;1D3,16D;. The van der Waals surface area contributed by atoms with E-state index in [2.05, 4.69) is 27.1 Å². The van der Waals surface area contributed by atoms with Crippen LogP contribution in [0.3, 0.4) is 0 Å². The maximum absolute atomic E-state index is 8.90. The van der Waals surface area contributed by atoms with Gasteiger partial charge in [-0.1, -0.05) is 85.1 Å². The molecular formula is C44H35IrN3O-2. The molecule has 0 amide bonds. The Morgan fingerprint density at radius 3 is 2.35 bits per heavy atom. The van der Waals surface area contributed by atoms with E-state index >= 15 is 0 Å². The van der Waals surface area contributed by atoms with Gasteiger partial charge in [-0.05, 0) is 77.6 Å². The van der Waals surface area contributed by atoms with Crippen LogP contribution in [0.5, 0.6) is 0 Å². The summed E-state index contributed by atoms with van der Waals surface area (Å²) in [6, 6.07) is 45.1. The van der Waals surface area contributed by atoms with Gasteiger partial charge in [-0.25, -0.2) is 4.98 Å². The van der Waals surface area contributed by atoms with E-state index in [1.165, 1.54) is 6.20 Å². The third-order valence-corrected chi connectivity index (χ3v) is 8.01. The summed E-state index contributed by atoms with van der Waals surface area (Å²) in [5.41, 5.74) is 7.48. The number of hydrogen-bond acceptors (Lipinski definition) is 4. The summed E-state index contributed by atoms with van der Waals surface area (Å²) in [7, 11) is 0.